The van der Waals surface area contributed by atoms with Gasteiger partial charge in [0.25, 0.3) is 0 Å². The van der Waals surface area contributed by atoms with Crippen LogP contribution in [0.2, 0.25) is 0 Å². The first-order valence-electron chi connectivity index (χ1n) is 10.4. The highest BCUT2D eigenvalue weighted by atomic mass is 16.5. The number of phenolic OH excluding ortho intramolecular Hbond substituents is 1. The van der Waals surface area contributed by atoms with Gasteiger partial charge >= 0.3 is 0 Å². The van der Waals surface area contributed by atoms with Crippen LogP contribution in [0.15, 0.2) is 84.9 Å². The van der Waals surface area contributed by atoms with Gasteiger partial charge in [0.1, 0.15) is 5.75 Å². The number of aromatic hydroxyl groups is 1. The Hall–Kier alpha value is -3.99. The third-order valence-electron chi connectivity index (χ3n) is 5.49. The molecule has 4 aromatic rings. The predicted molar refractivity (Wildman–Crippen MR) is 125 cm³/mol. The van der Waals surface area contributed by atoms with E-state index in [4.69, 9.17) is 9.47 Å². The molecule has 2 N–H and O–H groups in total. The summed E-state index contributed by atoms with van der Waals surface area (Å²) in [7, 11) is 3.15. The van der Waals surface area contributed by atoms with Crippen LogP contribution in [0.3, 0.4) is 0 Å². The number of hydrogen-bond acceptors (Lipinski definition) is 4. The van der Waals surface area contributed by atoms with Gasteiger partial charge in [-0.05, 0) is 40.1 Å². The molecule has 0 aliphatic rings. The zero-order chi connectivity index (χ0) is 22.5. The molecule has 0 radical (unpaired) electrons. The summed E-state index contributed by atoms with van der Waals surface area (Å²) in [6.07, 6.45) is 0.232. The smallest absolute Gasteiger partial charge is 0.225 e. The highest BCUT2D eigenvalue weighted by Gasteiger charge is 2.24. The highest BCUT2D eigenvalue weighted by molar-refractivity contribution is 5.90. The van der Waals surface area contributed by atoms with Gasteiger partial charge in [-0.25, -0.2) is 0 Å². The number of amides is 1. The summed E-state index contributed by atoms with van der Waals surface area (Å²) in [6, 6.07) is 25.8. The van der Waals surface area contributed by atoms with Crippen LogP contribution < -0.4 is 14.8 Å². The minimum atomic E-state index is -0.586. The highest BCUT2D eigenvalue weighted by Crippen LogP contribution is 2.38. The maximum Gasteiger partial charge on any atom is 0.225 e. The molecule has 0 saturated heterocycles. The Bertz CT molecular complexity index is 1240. The van der Waals surface area contributed by atoms with Crippen molar-refractivity contribution in [1.29, 1.82) is 0 Å². The minimum Gasteiger partial charge on any atom is -0.508 e. The molecule has 4 rings (SSSR count). The van der Waals surface area contributed by atoms with Gasteiger partial charge in [0, 0.05) is 5.56 Å². The third-order valence-corrected chi connectivity index (χ3v) is 5.49. The number of hydrogen-bond donors (Lipinski definition) is 2. The van der Waals surface area contributed by atoms with Crippen LogP contribution in [0.1, 0.15) is 22.7 Å². The van der Waals surface area contributed by atoms with Gasteiger partial charge in [0.15, 0.2) is 11.5 Å². The van der Waals surface area contributed by atoms with Gasteiger partial charge in [0.2, 0.25) is 5.91 Å². The number of fused-ring (bicyclic) bond motifs is 1. The molecule has 1 atom stereocenters. The summed E-state index contributed by atoms with van der Waals surface area (Å²) in [5.74, 6) is 1.10. The van der Waals surface area contributed by atoms with Crippen LogP contribution in [-0.4, -0.2) is 25.2 Å². The quantitative estimate of drug-likeness (QED) is 0.435. The van der Waals surface area contributed by atoms with Crippen molar-refractivity contribution in [3.8, 4) is 17.2 Å². The molecule has 32 heavy (non-hydrogen) atoms. The summed E-state index contributed by atoms with van der Waals surface area (Å²) in [5, 5.41) is 15.8. The van der Waals surface area contributed by atoms with Crippen LogP contribution in [0.25, 0.3) is 10.8 Å². The van der Waals surface area contributed by atoms with Crippen molar-refractivity contribution in [2.24, 2.45) is 0 Å². The van der Waals surface area contributed by atoms with E-state index < -0.39 is 6.04 Å². The van der Waals surface area contributed by atoms with E-state index in [9.17, 15) is 9.90 Å². The molecule has 0 aliphatic heterocycles. The van der Waals surface area contributed by atoms with Crippen LogP contribution in [-0.2, 0) is 11.2 Å². The van der Waals surface area contributed by atoms with E-state index in [2.05, 4.69) is 5.32 Å². The lowest BCUT2D eigenvalue weighted by Crippen LogP contribution is -2.30. The zero-order valence-corrected chi connectivity index (χ0v) is 18.0. The third kappa shape index (κ3) is 4.37. The molecule has 0 aliphatic carbocycles. The molecule has 0 bridgehead atoms. The van der Waals surface area contributed by atoms with Gasteiger partial charge in [0.05, 0.1) is 26.7 Å². The predicted octanol–water partition coefficient (Wildman–Crippen LogP) is 5.01. The summed E-state index contributed by atoms with van der Waals surface area (Å²) in [5.41, 5.74) is 2.32. The molecular weight excluding hydrogens is 402 g/mol. The molecular formula is C27H25NO4. The number of nitrogens with one attached hydrogen (secondary N) is 1. The Morgan fingerprint density at radius 1 is 0.875 bits per heavy atom. The number of rotatable bonds is 7. The fraction of sp³-hybridized carbons (Fsp3) is 0.148. The van der Waals surface area contributed by atoms with Crippen LogP contribution >= 0.6 is 0 Å². The van der Waals surface area contributed by atoms with Crippen molar-refractivity contribution in [3.05, 3.63) is 102 Å². The summed E-state index contributed by atoms with van der Waals surface area (Å²) < 4.78 is 10.9. The molecule has 5 nitrogen and oxygen atoms in total. The number of carbonyl (C=O) groups excluding carboxylic acids is 1. The first-order valence-corrected chi connectivity index (χ1v) is 10.4. The molecule has 0 fully saturated rings. The molecule has 4 aromatic carbocycles. The number of carbonyl (C=O) groups is 1. The Morgan fingerprint density at radius 3 is 2.34 bits per heavy atom. The van der Waals surface area contributed by atoms with Crippen molar-refractivity contribution in [2.75, 3.05) is 14.2 Å². The molecule has 162 valence electrons. The molecule has 0 heterocycles. The minimum absolute atomic E-state index is 0.114. The normalized spacial score (nSPS) is 11.7. The van der Waals surface area contributed by atoms with Crippen LogP contribution in [0, 0.1) is 0 Å². The topological polar surface area (TPSA) is 67.8 Å². The summed E-state index contributed by atoms with van der Waals surface area (Å²) >= 11 is 0. The molecule has 0 saturated carbocycles. The standard InChI is InChI=1S/C27H25NO4/c1-31-23-15-13-20(17-24(23)32-2)27(28-25(30)16-18-8-4-3-5-9-18)26-21-11-7-6-10-19(21)12-14-22(26)29/h3-15,17,27,29H,16H2,1-2H3,(H,28,30)/t27-/m1/s1. The van der Waals surface area contributed by atoms with Crippen molar-refractivity contribution in [2.45, 2.75) is 12.5 Å². The first kappa shape index (κ1) is 21.2. The average Bonchev–Trinajstić information content (AvgIpc) is 2.83. The Morgan fingerprint density at radius 2 is 1.59 bits per heavy atom. The van der Waals surface area contributed by atoms with E-state index in [-0.39, 0.29) is 18.1 Å². The van der Waals surface area contributed by atoms with Crippen molar-refractivity contribution in [3.63, 3.8) is 0 Å². The number of methoxy groups -OCH3 is 2. The van der Waals surface area contributed by atoms with E-state index >= 15 is 0 Å². The molecule has 0 unspecified atom stereocenters. The van der Waals surface area contributed by atoms with E-state index in [1.165, 1.54) is 0 Å². The second-order valence-corrected chi connectivity index (χ2v) is 7.50. The summed E-state index contributed by atoms with van der Waals surface area (Å²) in [6.45, 7) is 0. The second-order valence-electron chi connectivity index (χ2n) is 7.50. The average molecular weight is 428 g/mol. The zero-order valence-electron chi connectivity index (χ0n) is 18.0. The monoisotopic (exact) mass is 427 g/mol. The van der Waals surface area contributed by atoms with Gasteiger partial charge in [-0.15, -0.1) is 0 Å². The van der Waals surface area contributed by atoms with Crippen LogP contribution in [0.5, 0.6) is 17.2 Å². The van der Waals surface area contributed by atoms with E-state index in [1.54, 1.807) is 26.4 Å². The maximum atomic E-state index is 13.0. The number of benzene rings is 4. The lowest BCUT2D eigenvalue weighted by atomic mass is 9.92. The fourth-order valence-corrected chi connectivity index (χ4v) is 3.94. The Kier molecular flexibility index (Phi) is 6.26. The Balaban J connectivity index is 1.81. The van der Waals surface area contributed by atoms with Crippen LogP contribution in [0.4, 0.5) is 0 Å². The van der Waals surface area contributed by atoms with Gasteiger partial charge < -0.3 is 19.9 Å². The maximum absolute atomic E-state index is 13.0. The van der Waals surface area contributed by atoms with E-state index in [0.717, 1.165) is 21.9 Å². The van der Waals surface area contributed by atoms with Crippen molar-refractivity contribution in [1.82, 2.24) is 5.32 Å². The van der Waals surface area contributed by atoms with Crippen molar-refractivity contribution < 1.29 is 19.4 Å². The van der Waals surface area contributed by atoms with E-state index in [1.807, 2.05) is 72.8 Å². The Labute approximate surface area is 187 Å². The van der Waals surface area contributed by atoms with Gasteiger partial charge in [-0.1, -0.05) is 66.7 Å². The molecule has 5 heteroatoms. The SMILES string of the molecule is COc1ccc([C@@H](NC(=O)Cc2ccccc2)c2c(O)ccc3ccccc23)cc1OC. The fourth-order valence-electron chi connectivity index (χ4n) is 3.94. The second kappa shape index (κ2) is 9.43. The van der Waals surface area contributed by atoms with Gasteiger partial charge in [-0.3, -0.25) is 4.79 Å². The summed E-state index contributed by atoms with van der Waals surface area (Å²) in [4.78, 5) is 13.0. The van der Waals surface area contributed by atoms with Crippen molar-refractivity contribution >= 4 is 16.7 Å². The lowest BCUT2D eigenvalue weighted by molar-refractivity contribution is -0.120. The number of phenols is 1. The van der Waals surface area contributed by atoms with E-state index in [0.29, 0.717) is 17.1 Å². The largest absolute Gasteiger partial charge is 0.508 e. The first-order chi connectivity index (χ1) is 15.6. The lowest BCUT2D eigenvalue weighted by Gasteiger charge is -2.23. The molecule has 0 spiro atoms. The molecule has 1 amide bonds. The number of ether oxygens (including phenoxy) is 2. The molecule has 0 aromatic heterocycles. The van der Waals surface area contributed by atoms with Gasteiger partial charge in [-0.2, -0.15) is 0 Å².